The number of carbonyl (C=O) groups excluding carboxylic acids is 2. The highest BCUT2D eigenvalue weighted by Gasteiger charge is 2.39. The van der Waals surface area contributed by atoms with Gasteiger partial charge >= 0.3 is 0 Å². The van der Waals surface area contributed by atoms with Crippen LogP contribution in [0.25, 0.3) is 0 Å². The first kappa shape index (κ1) is 15.8. The molecule has 0 spiro atoms. The van der Waals surface area contributed by atoms with Gasteiger partial charge in [0.15, 0.2) is 0 Å². The zero-order chi connectivity index (χ0) is 15.7. The van der Waals surface area contributed by atoms with Gasteiger partial charge in [-0.2, -0.15) is 0 Å². The number of nitrogens with zero attached hydrogens (tertiary/aromatic N) is 1. The summed E-state index contributed by atoms with van der Waals surface area (Å²) in [4.78, 5) is 26.6. The Balaban J connectivity index is 1.47. The number of piperidine rings is 1. The second-order valence-corrected chi connectivity index (χ2v) is 7.69. The predicted octanol–water partition coefficient (Wildman–Crippen LogP) is 1.41. The predicted molar refractivity (Wildman–Crippen MR) is 85.0 cm³/mol. The molecule has 5 nitrogen and oxygen atoms in total. The molecule has 2 aliphatic carbocycles. The summed E-state index contributed by atoms with van der Waals surface area (Å²) in [6, 6.07) is 0.202. The number of nitrogens with two attached hydrogens (primary N) is 1. The van der Waals surface area contributed by atoms with Crippen LogP contribution >= 0.6 is 0 Å². The SMILES string of the molecule is CC1(N)CCCCC1C(=O)NC1CCN(C(=O)C2CC2)CC1. The lowest BCUT2D eigenvalue weighted by atomic mass is 9.74. The fourth-order valence-corrected chi connectivity index (χ4v) is 3.92. The van der Waals surface area contributed by atoms with Crippen molar-refractivity contribution in [2.45, 2.75) is 69.9 Å². The molecule has 2 unspecified atom stereocenters. The molecule has 1 heterocycles. The van der Waals surface area contributed by atoms with Gasteiger partial charge in [0, 0.05) is 30.6 Å². The Morgan fingerprint density at radius 2 is 1.77 bits per heavy atom. The van der Waals surface area contributed by atoms with Gasteiger partial charge in [-0.15, -0.1) is 0 Å². The van der Waals surface area contributed by atoms with E-state index in [1.807, 2.05) is 11.8 Å². The summed E-state index contributed by atoms with van der Waals surface area (Å²) in [6.07, 6.45) is 7.92. The summed E-state index contributed by atoms with van der Waals surface area (Å²) >= 11 is 0. The van der Waals surface area contributed by atoms with Crippen molar-refractivity contribution in [2.75, 3.05) is 13.1 Å². The molecular formula is C17H29N3O2. The van der Waals surface area contributed by atoms with E-state index in [0.717, 1.165) is 64.5 Å². The molecule has 3 rings (SSSR count). The van der Waals surface area contributed by atoms with Crippen LogP contribution < -0.4 is 11.1 Å². The summed E-state index contributed by atoms with van der Waals surface area (Å²) < 4.78 is 0. The van der Waals surface area contributed by atoms with Gasteiger partial charge in [0.1, 0.15) is 0 Å². The number of hydrogen-bond acceptors (Lipinski definition) is 3. The molecule has 2 saturated carbocycles. The smallest absolute Gasteiger partial charge is 0.225 e. The Bertz CT molecular complexity index is 437. The quantitative estimate of drug-likeness (QED) is 0.828. The van der Waals surface area contributed by atoms with Crippen LogP contribution in [-0.2, 0) is 9.59 Å². The molecule has 1 aliphatic heterocycles. The average Bonchev–Trinajstić information content (AvgIpc) is 3.31. The van der Waals surface area contributed by atoms with Gasteiger partial charge < -0.3 is 16.0 Å². The Morgan fingerprint density at radius 3 is 2.36 bits per heavy atom. The summed E-state index contributed by atoms with van der Waals surface area (Å²) in [7, 11) is 0. The van der Waals surface area contributed by atoms with E-state index in [1.54, 1.807) is 0 Å². The van der Waals surface area contributed by atoms with E-state index in [4.69, 9.17) is 5.73 Å². The van der Waals surface area contributed by atoms with Crippen molar-refractivity contribution in [3.63, 3.8) is 0 Å². The second kappa shape index (κ2) is 6.19. The van der Waals surface area contributed by atoms with E-state index in [0.29, 0.717) is 11.8 Å². The zero-order valence-electron chi connectivity index (χ0n) is 13.6. The number of hydrogen-bond donors (Lipinski definition) is 2. The lowest BCUT2D eigenvalue weighted by molar-refractivity contribution is -0.134. The molecule has 3 N–H and O–H groups in total. The standard InChI is InChI=1S/C17H29N3O2/c1-17(18)9-3-2-4-14(17)15(21)19-13-7-10-20(11-8-13)16(22)12-5-6-12/h12-14H,2-11,18H2,1H3,(H,19,21). The number of amides is 2. The molecule has 2 atom stereocenters. The Labute approximate surface area is 133 Å². The summed E-state index contributed by atoms with van der Waals surface area (Å²) in [6.45, 7) is 3.57. The van der Waals surface area contributed by atoms with Crippen molar-refractivity contribution < 1.29 is 9.59 Å². The maximum Gasteiger partial charge on any atom is 0.225 e. The second-order valence-electron chi connectivity index (χ2n) is 7.69. The highest BCUT2D eigenvalue weighted by molar-refractivity contribution is 5.82. The topological polar surface area (TPSA) is 75.4 Å². The molecule has 0 aromatic heterocycles. The van der Waals surface area contributed by atoms with Crippen LogP contribution in [0.2, 0.25) is 0 Å². The van der Waals surface area contributed by atoms with Gasteiger partial charge in [0.2, 0.25) is 11.8 Å². The minimum absolute atomic E-state index is 0.0626. The molecule has 22 heavy (non-hydrogen) atoms. The molecule has 0 aromatic rings. The highest BCUT2D eigenvalue weighted by Crippen LogP contribution is 2.33. The fraction of sp³-hybridized carbons (Fsp3) is 0.882. The van der Waals surface area contributed by atoms with E-state index in [9.17, 15) is 9.59 Å². The van der Waals surface area contributed by atoms with Crippen LogP contribution in [-0.4, -0.2) is 41.4 Å². The largest absolute Gasteiger partial charge is 0.353 e. The highest BCUT2D eigenvalue weighted by atomic mass is 16.2. The summed E-state index contributed by atoms with van der Waals surface area (Å²) in [5.74, 6) is 0.682. The van der Waals surface area contributed by atoms with E-state index in [2.05, 4.69) is 5.32 Å². The van der Waals surface area contributed by atoms with Crippen molar-refractivity contribution in [2.24, 2.45) is 17.6 Å². The van der Waals surface area contributed by atoms with Crippen molar-refractivity contribution in [1.82, 2.24) is 10.2 Å². The average molecular weight is 307 g/mol. The molecule has 0 bridgehead atoms. The van der Waals surface area contributed by atoms with Crippen LogP contribution in [0.3, 0.4) is 0 Å². The maximum atomic E-state index is 12.5. The van der Waals surface area contributed by atoms with Crippen LogP contribution in [0.1, 0.15) is 58.3 Å². The van der Waals surface area contributed by atoms with Crippen LogP contribution in [0.4, 0.5) is 0 Å². The first-order chi connectivity index (χ1) is 10.5. The van der Waals surface area contributed by atoms with Gasteiger partial charge in [0.25, 0.3) is 0 Å². The lowest BCUT2D eigenvalue weighted by Crippen LogP contribution is -2.55. The minimum atomic E-state index is -0.370. The van der Waals surface area contributed by atoms with Gasteiger partial charge in [-0.3, -0.25) is 9.59 Å². The molecule has 5 heteroatoms. The molecule has 2 amide bonds. The third-order valence-electron chi connectivity index (χ3n) is 5.65. The van der Waals surface area contributed by atoms with Crippen LogP contribution in [0.15, 0.2) is 0 Å². The molecule has 3 fully saturated rings. The van der Waals surface area contributed by atoms with Crippen molar-refractivity contribution in [1.29, 1.82) is 0 Å². The minimum Gasteiger partial charge on any atom is -0.353 e. The van der Waals surface area contributed by atoms with E-state index >= 15 is 0 Å². The van der Waals surface area contributed by atoms with Gasteiger partial charge in [-0.1, -0.05) is 12.8 Å². The molecule has 0 aromatic carbocycles. The van der Waals surface area contributed by atoms with Crippen molar-refractivity contribution in [3.05, 3.63) is 0 Å². The Hall–Kier alpha value is -1.10. The van der Waals surface area contributed by atoms with Gasteiger partial charge in [-0.25, -0.2) is 0 Å². The van der Waals surface area contributed by atoms with E-state index in [-0.39, 0.29) is 23.4 Å². The zero-order valence-corrected chi connectivity index (χ0v) is 13.6. The molecule has 124 valence electrons. The third-order valence-corrected chi connectivity index (χ3v) is 5.65. The van der Waals surface area contributed by atoms with Crippen LogP contribution in [0.5, 0.6) is 0 Å². The molecule has 1 saturated heterocycles. The Kier molecular flexibility index (Phi) is 4.44. The number of carbonyl (C=O) groups is 2. The van der Waals surface area contributed by atoms with E-state index < -0.39 is 0 Å². The van der Waals surface area contributed by atoms with E-state index in [1.165, 1.54) is 0 Å². The Morgan fingerprint density at radius 1 is 1.09 bits per heavy atom. The molecule has 0 radical (unpaired) electrons. The number of nitrogens with one attached hydrogen (secondary N) is 1. The van der Waals surface area contributed by atoms with Gasteiger partial charge in [0.05, 0.1) is 5.92 Å². The molecule has 3 aliphatic rings. The van der Waals surface area contributed by atoms with Crippen molar-refractivity contribution in [3.8, 4) is 0 Å². The normalized spacial score (nSPS) is 33.5. The van der Waals surface area contributed by atoms with Crippen LogP contribution in [0, 0.1) is 11.8 Å². The monoisotopic (exact) mass is 307 g/mol. The summed E-state index contributed by atoms with van der Waals surface area (Å²) in [5, 5.41) is 3.19. The van der Waals surface area contributed by atoms with Crippen molar-refractivity contribution >= 4 is 11.8 Å². The number of rotatable bonds is 3. The lowest BCUT2D eigenvalue weighted by Gasteiger charge is -2.39. The third kappa shape index (κ3) is 3.45. The first-order valence-electron chi connectivity index (χ1n) is 8.85. The first-order valence-corrected chi connectivity index (χ1v) is 8.85. The molecular weight excluding hydrogens is 278 g/mol. The number of likely N-dealkylation sites (tertiary alicyclic amines) is 1. The van der Waals surface area contributed by atoms with Gasteiger partial charge in [-0.05, 0) is 45.4 Å². The summed E-state index contributed by atoms with van der Waals surface area (Å²) in [5.41, 5.74) is 5.95. The maximum absolute atomic E-state index is 12.5. The fourth-order valence-electron chi connectivity index (χ4n) is 3.92.